The molecule has 0 saturated carbocycles. The van der Waals surface area contributed by atoms with Gasteiger partial charge in [-0.1, -0.05) is 24.3 Å². The van der Waals surface area contributed by atoms with Gasteiger partial charge in [-0.05, 0) is 89.0 Å². The first-order chi connectivity index (χ1) is 28.8. The summed E-state index contributed by atoms with van der Waals surface area (Å²) in [6, 6.07) is 10.9. The molecule has 1 unspecified atom stereocenters. The van der Waals surface area contributed by atoms with Crippen LogP contribution in [0.15, 0.2) is 47.3 Å². The molecule has 4 aliphatic rings. The van der Waals surface area contributed by atoms with E-state index in [0.29, 0.717) is 93.8 Å². The van der Waals surface area contributed by atoms with Gasteiger partial charge in [0.15, 0.2) is 0 Å². The highest BCUT2D eigenvalue weighted by Crippen LogP contribution is 2.26. The van der Waals surface area contributed by atoms with E-state index < -0.39 is 29.5 Å². The van der Waals surface area contributed by atoms with E-state index in [1.165, 1.54) is 6.07 Å². The number of likely N-dealkylation sites (tertiary alicyclic amines) is 2. The van der Waals surface area contributed by atoms with Gasteiger partial charge in [-0.15, -0.1) is 0 Å². The molecule has 0 radical (unpaired) electrons. The fourth-order valence-electron chi connectivity index (χ4n) is 8.72. The van der Waals surface area contributed by atoms with Crippen molar-refractivity contribution in [1.29, 1.82) is 0 Å². The largest absolute Gasteiger partial charge is 0.444 e. The number of piperidine rings is 2. The molecular weight excluding hydrogens is 774 g/mol. The minimum atomic E-state index is -0.668. The predicted octanol–water partition coefficient (Wildman–Crippen LogP) is 3.73. The third-order valence-corrected chi connectivity index (χ3v) is 12.0. The molecule has 15 nitrogen and oxygen atoms in total. The molecule has 3 aromatic rings. The van der Waals surface area contributed by atoms with E-state index in [4.69, 9.17) is 14.2 Å². The van der Waals surface area contributed by atoms with E-state index in [0.717, 1.165) is 38.8 Å². The number of alkyl carbamates (subject to hydrolysis) is 1. The van der Waals surface area contributed by atoms with Gasteiger partial charge in [-0.2, -0.15) is 5.10 Å². The molecule has 7 rings (SSSR count). The first-order valence-corrected chi connectivity index (χ1v) is 21.4. The van der Waals surface area contributed by atoms with Gasteiger partial charge in [0.05, 0.1) is 35.4 Å². The normalized spacial score (nSPS) is 19.6. The van der Waals surface area contributed by atoms with Crippen LogP contribution in [-0.2, 0) is 30.2 Å². The Bertz CT molecular complexity index is 2060. The molecule has 4 amide bonds. The van der Waals surface area contributed by atoms with Gasteiger partial charge in [-0.25, -0.2) is 14.3 Å². The van der Waals surface area contributed by atoms with E-state index in [1.807, 2.05) is 17.0 Å². The third-order valence-electron chi connectivity index (χ3n) is 12.0. The molecule has 1 atom stereocenters. The first-order valence-electron chi connectivity index (χ1n) is 21.4. The fourth-order valence-corrected chi connectivity index (χ4v) is 8.72. The Labute approximate surface area is 349 Å². The molecule has 324 valence electrons. The smallest absolute Gasteiger partial charge is 0.408 e. The highest BCUT2D eigenvalue weighted by atomic mass is 19.1. The molecule has 0 aliphatic carbocycles. The van der Waals surface area contributed by atoms with E-state index in [1.54, 1.807) is 54.8 Å². The average Bonchev–Trinajstić information content (AvgIpc) is 3.25. The Balaban J connectivity index is 0.828. The summed E-state index contributed by atoms with van der Waals surface area (Å²) in [6.07, 6.45) is 4.28. The van der Waals surface area contributed by atoms with Gasteiger partial charge in [0.2, 0.25) is 11.8 Å². The number of aromatic nitrogens is 2. The number of halogens is 1. The topological polar surface area (TPSA) is 167 Å². The summed E-state index contributed by atoms with van der Waals surface area (Å²) >= 11 is 0. The zero-order chi connectivity index (χ0) is 42.4. The molecule has 1 aromatic heterocycles. The number of hydrogen-bond acceptors (Lipinski definition) is 10. The lowest BCUT2D eigenvalue weighted by molar-refractivity contribution is -0.140. The van der Waals surface area contributed by atoms with Crippen LogP contribution in [0.25, 0.3) is 10.8 Å². The monoisotopic (exact) mass is 831 g/mol. The lowest BCUT2D eigenvalue weighted by atomic mass is 9.90. The second-order valence-electron chi connectivity index (χ2n) is 17.4. The summed E-state index contributed by atoms with van der Waals surface area (Å²) in [4.78, 5) is 72.9. The summed E-state index contributed by atoms with van der Waals surface area (Å²) in [6.45, 7) is 10.7. The first kappa shape index (κ1) is 43.2. The highest BCUT2D eigenvalue weighted by molar-refractivity contribution is 5.95. The highest BCUT2D eigenvalue weighted by Gasteiger charge is 2.37. The number of amides is 4. The van der Waals surface area contributed by atoms with Crippen molar-refractivity contribution >= 4 is 34.6 Å². The molecule has 16 heteroatoms. The zero-order valence-electron chi connectivity index (χ0n) is 35.0. The molecule has 5 heterocycles. The van der Waals surface area contributed by atoms with Crippen molar-refractivity contribution in [2.75, 3.05) is 72.1 Å². The van der Waals surface area contributed by atoms with Crippen molar-refractivity contribution < 1.29 is 37.8 Å². The molecule has 0 spiro atoms. The molecule has 0 bridgehead atoms. The van der Waals surface area contributed by atoms with Crippen molar-refractivity contribution in [1.82, 2.24) is 35.1 Å². The van der Waals surface area contributed by atoms with E-state index in [2.05, 4.69) is 20.4 Å². The van der Waals surface area contributed by atoms with Crippen LogP contribution in [-0.4, -0.2) is 150 Å². The lowest BCUT2D eigenvalue weighted by Gasteiger charge is -2.40. The van der Waals surface area contributed by atoms with Gasteiger partial charge >= 0.3 is 6.09 Å². The number of ether oxygens (including phenoxy) is 3. The zero-order valence-corrected chi connectivity index (χ0v) is 35.0. The van der Waals surface area contributed by atoms with Gasteiger partial charge in [0.25, 0.3) is 11.5 Å². The maximum atomic E-state index is 15.0. The van der Waals surface area contributed by atoms with Gasteiger partial charge in [-0.3, -0.25) is 24.1 Å². The molecule has 4 fully saturated rings. The Morgan fingerprint density at radius 1 is 0.850 bits per heavy atom. The number of benzene rings is 2. The number of hydrogen-bond donors (Lipinski definition) is 2. The second-order valence-corrected chi connectivity index (χ2v) is 17.4. The van der Waals surface area contributed by atoms with Crippen LogP contribution in [0, 0.1) is 11.7 Å². The second kappa shape index (κ2) is 19.2. The Hall–Kier alpha value is -4.93. The van der Waals surface area contributed by atoms with Crippen LogP contribution in [0.5, 0.6) is 0 Å². The number of aromatic amines is 1. The van der Waals surface area contributed by atoms with E-state index >= 15 is 4.39 Å². The molecule has 60 heavy (non-hydrogen) atoms. The number of nitrogens with zero attached hydrogens (tertiary/aromatic N) is 5. The Morgan fingerprint density at radius 3 is 2.15 bits per heavy atom. The maximum Gasteiger partial charge on any atom is 0.408 e. The number of carbonyl (C=O) groups excluding carboxylic acids is 4. The van der Waals surface area contributed by atoms with Crippen LogP contribution < -0.4 is 10.9 Å². The summed E-state index contributed by atoms with van der Waals surface area (Å²) < 4.78 is 32.5. The number of fused-ring (bicyclic) bond motifs is 1. The Kier molecular flexibility index (Phi) is 13.8. The van der Waals surface area contributed by atoms with Crippen molar-refractivity contribution in [2.45, 2.75) is 89.6 Å². The van der Waals surface area contributed by atoms with Crippen LogP contribution in [0.2, 0.25) is 0 Å². The number of piperazine rings is 1. The van der Waals surface area contributed by atoms with Gasteiger partial charge in [0, 0.05) is 77.4 Å². The number of carbonyl (C=O) groups is 4. The number of rotatable bonds is 10. The maximum absolute atomic E-state index is 15.0. The van der Waals surface area contributed by atoms with E-state index in [-0.39, 0.29) is 47.6 Å². The molecule has 4 saturated heterocycles. The van der Waals surface area contributed by atoms with Crippen LogP contribution in [0.1, 0.15) is 80.9 Å². The molecule has 2 N–H and O–H groups in total. The molecule has 4 aliphatic heterocycles. The summed E-state index contributed by atoms with van der Waals surface area (Å²) in [7, 11) is 0. The summed E-state index contributed by atoms with van der Waals surface area (Å²) in [5.74, 6) is -1.12. The van der Waals surface area contributed by atoms with Crippen LogP contribution >= 0.6 is 0 Å². The lowest BCUT2D eigenvalue weighted by Crippen LogP contribution is -2.56. The van der Waals surface area contributed by atoms with E-state index in [9.17, 15) is 24.0 Å². The molecule has 2 aromatic carbocycles. The minimum absolute atomic E-state index is 0.00697. The quantitative estimate of drug-likeness (QED) is 0.308. The predicted molar refractivity (Wildman–Crippen MR) is 221 cm³/mol. The number of H-pyrrole nitrogens is 1. The fraction of sp³-hybridized carbons (Fsp3) is 0.591. The van der Waals surface area contributed by atoms with Crippen LogP contribution in [0.4, 0.5) is 9.18 Å². The standard InChI is InChI=1S/C44H58FN7O8/c1-44(2,3)60-43(57)46-39(30-14-24-58-25-15-30)42(56)51-18-12-32(13-19-51)59-31-10-16-49(17-11-31)28-38(53)50-20-22-52(23-21-50)41(55)35-26-29(8-9-36(35)45)27-37-33-6-4-5-7-34(33)40(54)48-47-37/h4-9,26,30-32,39H,10-25,27-28H2,1-3H3,(H,46,57)(H,48,54). The van der Waals surface area contributed by atoms with Crippen LogP contribution in [0.3, 0.4) is 0 Å². The molecular formula is C44H58FN7O8. The summed E-state index contributed by atoms with van der Waals surface area (Å²) in [5.41, 5.74) is 0.327. The van der Waals surface area contributed by atoms with Crippen molar-refractivity contribution in [3.63, 3.8) is 0 Å². The van der Waals surface area contributed by atoms with Crippen molar-refractivity contribution in [3.8, 4) is 0 Å². The SMILES string of the molecule is CC(C)(C)OC(=O)NC(C(=O)N1CCC(OC2CCN(CC(=O)N3CCN(C(=O)c4cc(Cc5n[nH]c(=O)c6ccccc56)ccc4F)CC3)CC2)CC1)C1CCOCC1. The number of nitrogens with one attached hydrogen (secondary N) is 2. The van der Waals surface area contributed by atoms with Gasteiger partial charge < -0.3 is 34.2 Å². The van der Waals surface area contributed by atoms with Crippen molar-refractivity contribution in [2.24, 2.45) is 5.92 Å². The van der Waals surface area contributed by atoms with Gasteiger partial charge in [0.1, 0.15) is 17.5 Å². The third kappa shape index (κ3) is 10.9. The average molecular weight is 832 g/mol. The summed E-state index contributed by atoms with van der Waals surface area (Å²) in [5, 5.41) is 10.8. The van der Waals surface area contributed by atoms with Crippen molar-refractivity contribution in [3.05, 3.63) is 75.5 Å². The minimum Gasteiger partial charge on any atom is -0.444 e. The Morgan fingerprint density at radius 2 is 1.48 bits per heavy atom.